The zero-order chi connectivity index (χ0) is 17.4. The first-order valence-corrected chi connectivity index (χ1v) is 8.45. The van der Waals surface area contributed by atoms with Gasteiger partial charge in [0.25, 0.3) is 5.91 Å². The van der Waals surface area contributed by atoms with Crippen LogP contribution in [-0.4, -0.2) is 56.5 Å². The van der Waals surface area contributed by atoms with Crippen molar-refractivity contribution in [1.29, 1.82) is 0 Å². The predicted octanol–water partition coefficient (Wildman–Crippen LogP) is 1.56. The first kappa shape index (κ1) is 15.7. The van der Waals surface area contributed by atoms with Crippen LogP contribution in [0, 0.1) is 6.92 Å². The van der Waals surface area contributed by atoms with Gasteiger partial charge in [-0.15, -0.1) is 5.10 Å². The fourth-order valence-electron chi connectivity index (χ4n) is 3.29. The van der Waals surface area contributed by atoms with Crippen LogP contribution in [0.25, 0.3) is 16.6 Å². The van der Waals surface area contributed by atoms with Crippen molar-refractivity contribution >= 4 is 16.8 Å². The number of nitrogens with one attached hydrogen (secondary N) is 1. The lowest BCUT2D eigenvalue weighted by Gasteiger charge is -2.33. The molecule has 0 bridgehead atoms. The van der Waals surface area contributed by atoms with Crippen LogP contribution >= 0.6 is 0 Å². The molecule has 1 saturated heterocycles. The largest absolute Gasteiger partial charge is 0.332 e. The van der Waals surface area contributed by atoms with Crippen LogP contribution in [0.1, 0.15) is 23.1 Å². The molecule has 1 aliphatic heterocycles. The van der Waals surface area contributed by atoms with Gasteiger partial charge in [-0.3, -0.25) is 9.78 Å². The van der Waals surface area contributed by atoms with E-state index in [1.165, 1.54) is 0 Å². The number of hydrogen-bond acceptors (Lipinski definition) is 5. The fraction of sp³-hybridized carbons (Fsp3) is 0.333. The van der Waals surface area contributed by atoms with Crippen LogP contribution in [0.4, 0.5) is 0 Å². The predicted molar refractivity (Wildman–Crippen MR) is 94.8 cm³/mol. The van der Waals surface area contributed by atoms with Crippen molar-refractivity contribution in [1.82, 2.24) is 30.2 Å². The van der Waals surface area contributed by atoms with E-state index in [0.29, 0.717) is 12.2 Å². The van der Waals surface area contributed by atoms with Crippen molar-refractivity contribution in [2.24, 2.45) is 0 Å². The van der Waals surface area contributed by atoms with Gasteiger partial charge in [0.2, 0.25) is 0 Å². The first-order chi connectivity index (χ1) is 12.2. The molecule has 7 heteroatoms. The minimum absolute atomic E-state index is 0.0639. The highest BCUT2D eigenvalue weighted by atomic mass is 16.2. The molecule has 25 heavy (non-hydrogen) atoms. The number of carbonyl (C=O) groups is 1. The van der Waals surface area contributed by atoms with E-state index >= 15 is 0 Å². The molecule has 7 nitrogen and oxygen atoms in total. The molecule has 0 spiro atoms. The summed E-state index contributed by atoms with van der Waals surface area (Å²) >= 11 is 0. The number of para-hydroxylation sites is 1. The molecular weight excluding hydrogens is 316 g/mol. The zero-order valence-corrected chi connectivity index (χ0v) is 14.3. The summed E-state index contributed by atoms with van der Waals surface area (Å²) in [4.78, 5) is 19.2. The number of aromatic nitrogens is 4. The highest BCUT2D eigenvalue weighted by Crippen LogP contribution is 2.22. The normalized spacial score (nSPS) is 17.8. The lowest BCUT2D eigenvalue weighted by molar-refractivity contribution is 0.0649. The average molecular weight is 336 g/mol. The van der Waals surface area contributed by atoms with Gasteiger partial charge in [0.05, 0.1) is 16.9 Å². The van der Waals surface area contributed by atoms with Crippen molar-refractivity contribution in [3.63, 3.8) is 0 Å². The molecule has 1 aliphatic rings. The van der Waals surface area contributed by atoms with Crippen molar-refractivity contribution in [3.8, 4) is 5.69 Å². The van der Waals surface area contributed by atoms with E-state index in [4.69, 9.17) is 0 Å². The molecule has 2 aromatic heterocycles. The molecule has 1 atom stereocenters. The molecule has 0 saturated carbocycles. The van der Waals surface area contributed by atoms with E-state index in [-0.39, 0.29) is 11.9 Å². The highest BCUT2D eigenvalue weighted by Gasteiger charge is 2.28. The van der Waals surface area contributed by atoms with E-state index < -0.39 is 0 Å². The van der Waals surface area contributed by atoms with E-state index in [1.54, 1.807) is 10.9 Å². The van der Waals surface area contributed by atoms with E-state index in [2.05, 4.69) is 20.6 Å². The number of pyridine rings is 1. The average Bonchev–Trinajstić information content (AvgIpc) is 3.02. The number of nitrogens with zero attached hydrogens (tertiary/aromatic N) is 5. The Morgan fingerprint density at radius 2 is 2.12 bits per heavy atom. The van der Waals surface area contributed by atoms with E-state index in [1.807, 2.05) is 49.1 Å². The number of carbonyl (C=O) groups excluding carboxylic acids is 1. The summed E-state index contributed by atoms with van der Waals surface area (Å²) in [5.41, 5.74) is 2.80. The molecule has 1 fully saturated rings. The van der Waals surface area contributed by atoms with Crippen LogP contribution in [0.15, 0.2) is 36.5 Å². The second-order valence-electron chi connectivity index (χ2n) is 6.34. The molecule has 1 unspecified atom stereocenters. The number of fused-ring (bicyclic) bond motifs is 1. The summed E-state index contributed by atoms with van der Waals surface area (Å²) in [5.74, 6) is -0.0639. The Morgan fingerprint density at radius 3 is 2.96 bits per heavy atom. The summed E-state index contributed by atoms with van der Waals surface area (Å²) in [7, 11) is 0. The summed E-state index contributed by atoms with van der Waals surface area (Å²) in [6.45, 7) is 6.20. The zero-order valence-electron chi connectivity index (χ0n) is 14.3. The van der Waals surface area contributed by atoms with Crippen LogP contribution in [-0.2, 0) is 0 Å². The van der Waals surface area contributed by atoms with Gasteiger partial charge >= 0.3 is 0 Å². The minimum atomic E-state index is -0.0639. The summed E-state index contributed by atoms with van der Waals surface area (Å²) in [6, 6.07) is 9.96. The Labute approximate surface area is 145 Å². The number of piperazine rings is 1. The molecule has 4 rings (SSSR count). The topological polar surface area (TPSA) is 75.9 Å². The summed E-state index contributed by atoms with van der Waals surface area (Å²) in [6.07, 6.45) is 1.76. The van der Waals surface area contributed by atoms with Crippen LogP contribution in [0.5, 0.6) is 0 Å². The van der Waals surface area contributed by atoms with Crippen LogP contribution in [0.3, 0.4) is 0 Å². The van der Waals surface area contributed by atoms with Crippen molar-refractivity contribution in [2.45, 2.75) is 19.9 Å². The quantitative estimate of drug-likeness (QED) is 0.768. The van der Waals surface area contributed by atoms with Crippen LogP contribution in [0.2, 0.25) is 0 Å². The monoisotopic (exact) mass is 336 g/mol. The summed E-state index contributed by atoms with van der Waals surface area (Å²) < 4.78 is 1.70. The maximum atomic E-state index is 12.9. The number of amides is 1. The van der Waals surface area contributed by atoms with Crippen molar-refractivity contribution in [3.05, 3.63) is 47.9 Å². The van der Waals surface area contributed by atoms with Crippen LogP contribution < -0.4 is 5.32 Å². The van der Waals surface area contributed by atoms with Gasteiger partial charge in [-0.05, 0) is 26.0 Å². The third kappa shape index (κ3) is 2.66. The Kier molecular flexibility index (Phi) is 3.93. The number of benzene rings is 1. The lowest BCUT2D eigenvalue weighted by Crippen LogP contribution is -2.52. The maximum Gasteiger partial charge on any atom is 0.276 e. The smallest absolute Gasteiger partial charge is 0.276 e. The molecule has 0 aliphatic carbocycles. The van der Waals surface area contributed by atoms with Gasteiger partial charge in [0.15, 0.2) is 5.69 Å². The van der Waals surface area contributed by atoms with Crippen molar-refractivity contribution < 1.29 is 4.79 Å². The van der Waals surface area contributed by atoms with Gasteiger partial charge in [0, 0.05) is 37.3 Å². The number of rotatable bonds is 2. The molecule has 3 heterocycles. The highest BCUT2D eigenvalue weighted by molar-refractivity contribution is 5.94. The molecule has 1 amide bonds. The fourth-order valence-corrected chi connectivity index (χ4v) is 3.29. The maximum absolute atomic E-state index is 12.9. The Morgan fingerprint density at radius 1 is 1.28 bits per heavy atom. The second-order valence-corrected chi connectivity index (χ2v) is 6.34. The number of hydrogen-bond donors (Lipinski definition) is 1. The molecule has 128 valence electrons. The lowest BCUT2D eigenvalue weighted by atomic mass is 10.1. The van der Waals surface area contributed by atoms with Gasteiger partial charge in [-0.1, -0.05) is 23.4 Å². The third-order valence-electron chi connectivity index (χ3n) is 4.70. The van der Waals surface area contributed by atoms with Gasteiger partial charge in [0.1, 0.15) is 0 Å². The Hall–Kier alpha value is -2.80. The Balaban J connectivity index is 1.75. The SMILES string of the molecule is Cc1c(C(=O)N2CCNCC2C)nnn1-c1cccc2cccnc12. The standard InChI is InChI=1S/C18H20N6O/c1-12-11-19-9-10-23(12)18(25)16-13(2)24(22-21-16)15-7-3-5-14-6-4-8-20-17(14)15/h3-8,12,19H,9-11H2,1-2H3. The van der Waals surface area contributed by atoms with Gasteiger partial charge in [-0.25, -0.2) is 4.68 Å². The molecule has 3 aromatic rings. The molecular formula is C18H20N6O. The first-order valence-electron chi connectivity index (χ1n) is 8.45. The van der Waals surface area contributed by atoms with E-state index in [9.17, 15) is 4.79 Å². The van der Waals surface area contributed by atoms with Crippen molar-refractivity contribution in [2.75, 3.05) is 19.6 Å². The molecule has 1 N–H and O–H groups in total. The van der Waals surface area contributed by atoms with E-state index in [0.717, 1.165) is 35.4 Å². The van der Waals surface area contributed by atoms with Gasteiger partial charge < -0.3 is 10.2 Å². The Bertz CT molecular complexity index is 929. The second kappa shape index (κ2) is 6.25. The van der Waals surface area contributed by atoms with Gasteiger partial charge in [-0.2, -0.15) is 0 Å². The molecule has 1 aromatic carbocycles. The summed E-state index contributed by atoms with van der Waals surface area (Å²) in [5, 5.41) is 12.7. The third-order valence-corrected chi connectivity index (χ3v) is 4.70. The minimum Gasteiger partial charge on any atom is -0.332 e. The molecule has 0 radical (unpaired) electrons.